The lowest BCUT2D eigenvalue weighted by molar-refractivity contribution is -0.151. The standard InChI is InChI=1S/C21H24N2O3S.ClH/c1-26-20(25)21(8-4-9-21)15-5-2-6-16(12-15)23-19(24)18-11-14-13-22-10-3-7-17(14)27-18;/h2,5-6,11-12,22H,3-4,7-10,13H2,1H3,(H,23,24);1H. The van der Waals surface area contributed by atoms with Gasteiger partial charge in [-0.15, -0.1) is 23.7 Å². The van der Waals surface area contributed by atoms with Crippen molar-refractivity contribution < 1.29 is 14.3 Å². The van der Waals surface area contributed by atoms with Gasteiger partial charge in [0.2, 0.25) is 0 Å². The number of carbonyl (C=O) groups excluding carboxylic acids is 2. The average Bonchev–Trinajstić information content (AvgIpc) is 2.92. The molecule has 1 amide bonds. The summed E-state index contributed by atoms with van der Waals surface area (Å²) in [5.74, 6) is -0.280. The van der Waals surface area contributed by atoms with E-state index in [4.69, 9.17) is 4.74 Å². The molecule has 2 N–H and O–H groups in total. The van der Waals surface area contributed by atoms with Crippen molar-refractivity contribution in [3.05, 3.63) is 51.2 Å². The Morgan fingerprint density at radius 3 is 2.75 bits per heavy atom. The van der Waals surface area contributed by atoms with Gasteiger partial charge in [0, 0.05) is 17.1 Å². The third-order valence-electron chi connectivity index (χ3n) is 5.65. The molecular formula is C21H25ClN2O3S. The quantitative estimate of drug-likeness (QED) is 0.732. The van der Waals surface area contributed by atoms with E-state index in [1.54, 1.807) is 11.3 Å². The zero-order chi connectivity index (χ0) is 18.9. The Morgan fingerprint density at radius 1 is 1.21 bits per heavy atom. The third-order valence-corrected chi connectivity index (χ3v) is 6.89. The number of benzene rings is 1. The number of thiophene rings is 1. The van der Waals surface area contributed by atoms with Gasteiger partial charge in [-0.2, -0.15) is 0 Å². The number of rotatable bonds is 4. The SMILES string of the molecule is COC(=O)C1(c2cccc(NC(=O)c3cc4c(s3)CCCNC4)c2)CCC1.Cl. The number of fused-ring (bicyclic) bond motifs is 1. The minimum absolute atomic E-state index is 0. The number of ether oxygens (including phenoxy) is 1. The van der Waals surface area contributed by atoms with Gasteiger partial charge in [-0.1, -0.05) is 18.6 Å². The second-order valence-electron chi connectivity index (χ2n) is 7.30. The van der Waals surface area contributed by atoms with Gasteiger partial charge in [0.15, 0.2) is 0 Å². The van der Waals surface area contributed by atoms with E-state index in [1.807, 2.05) is 30.3 Å². The Labute approximate surface area is 175 Å². The van der Waals surface area contributed by atoms with E-state index < -0.39 is 5.41 Å². The second kappa shape index (κ2) is 8.64. The number of esters is 1. The minimum atomic E-state index is -0.554. The van der Waals surface area contributed by atoms with E-state index in [-0.39, 0.29) is 24.3 Å². The van der Waals surface area contributed by atoms with Gasteiger partial charge in [0.25, 0.3) is 5.91 Å². The van der Waals surface area contributed by atoms with Crippen LogP contribution in [0.15, 0.2) is 30.3 Å². The molecule has 1 aromatic carbocycles. The van der Waals surface area contributed by atoms with Crippen molar-refractivity contribution in [2.24, 2.45) is 0 Å². The summed E-state index contributed by atoms with van der Waals surface area (Å²) < 4.78 is 5.03. The predicted octanol–water partition coefficient (Wildman–Crippen LogP) is 4.05. The van der Waals surface area contributed by atoms with Crippen LogP contribution in [0.3, 0.4) is 0 Å². The topological polar surface area (TPSA) is 67.4 Å². The largest absolute Gasteiger partial charge is 0.468 e. The maximum absolute atomic E-state index is 12.7. The van der Waals surface area contributed by atoms with E-state index >= 15 is 0 Å². The van der Waals surface area contributed by atoms with Crippen LogP contribution in [-0.2, 0) is 27.9 Å². The molecule has 150 valence electrons. The number of anilines is 1. The van der Waals surface area contributed by atoms with E-state index in [0.717, 1.165) is 61.3 Å². The fourth-order valence-electron chi connectivity index (χ4n) is 3.96. The summed E-state index contributed by atoms with van der Waals surface area (Å²) in [5.41, 5.74) is 2.32. The van der Waals surface area contributed by atoms with Crippen molar-refractivity contribution in [2.45, 2.75) is 44.1 Å². The van der Waals surface area contributed by atoms with Crippen LogP contribution in [0.4, 0.5) is 5.69 Å². The van der Waals surface area contributed by atoms with Gasteiger partial charge in [-0.3, -0.25) is 9.59 Å². The number of methoxy groups -OCH3 is 1. The molecule has 0 saturated heterocycles. The molecule has 2 aromatic rings. The van der Waals surface area contributed by atoms with Gasteiger partial charge >= 0.3 is 5.97 Å². The smallest absolute Gasteiger partial charge is 0.316 e. The number of hydrogen-bond acceptors (Lipinski definition) is 5. The van der Waals surface area contributed by atoms with E-state index in [9.17, 15) is 9.59 Å². The summed E-state index contributed by atoms with van der Waals surface area (Å²) in [5, 5.41) is 6.39. The number of amides is 1. The van der Waals surface area contributed by atoms with Crippen LogP contribution in [0.1, 0.15) is 51.4 Å². The summed E-state index contributed by atoms with van der Waals surface area (Å²) in [6.07, 6.45) is 4.73. The molecule has 0 bridgehead atoms. The van der Waals surface area contributed by atoms with Gasteiger partial charge in [0.1, 0.15) is 0 Å². The fraction of sp³-hybridized carbons (Fsp3) is 0.429. The molecule has 0 spiro atoms. The van der Waals surface area contributed by atoms with Crippen LogP contribution in [0.5, 0.6) is 0 Å². The number of aryl methyl sites for hydroxylation is 1. The summed E-state index contributed by atoms with van der Waals surface area (Å²) in [6, 6.07) is 9.62. The summed E-state index contributed by atoms with van der Waals surface area (Å²) in [4.78, 5) is 27.1. The normalized spacial score (nSPS) is 17.3. The molecule has 4 rings (SSSR count). The van der Waals surface area contributed by atoms with Crippen molar-refractivity contribution in [2.75, 3.05) is 19.0 Å². The van der Waals surface area contributed by atoms with Crippen LogP contribution >= 0.6 is 23.7 Å². The molecule has 1 saturated carbocycles. The Hall–Kier alpha value is -1.89. The first kappa shape index (κ1) is 20.8. The maximum atomic E-state index is 12.7. The van der Waals surface area contributed by atoms with Crippen LogP contribution in [0.2, 0.25) is 0 Å². The molecule has 7 heteroatoms. The first-order chi connectivity index (χ1) is 13.1. The lowest BCUT2D eigenvalue weighted by Gasteiger charge is -2.39. The van der Waals surface area contributed by atoms with Crippen molar-refractivity contribution >= 4 is 41.3 Å². The molecule has 1 fully saturated rings. The van der Waals surface area contributed by atoms with E-state index in [1.165, 1.54) is 17.6 Å². The van der Waals surface area contributed by atoms with Gasteiger partial charge < -0.3 is 15.4 Å². The predicted molar refractivity (Wildman–Crippen MR) is 114 cm³/mol. The highest BCUT2D eigenvalue weighted by Gasteiger charge is 2.46. The van der Waals surface area contributed by atoms with Crippen LogP contribution in [0.25, 0.3) is 0 Å². The van der Waals surface area contributed by atoms with Crippen molar-refractivity contribution in [3.8, 4) is 0 Å². The van der Waals surface area contributed by atoms with Gasteiger partial charge in [-0.05, 0) is 61.6 Å². The molecule has 1 aliphatic carbocycles. The molecule has 2 aliphatic rings. The number of nitrogens with one attached hydrogen (secondary N) is 2. The molecule has 1 aromatic heterocycles. The minimum Gasteiger partial charge on any atom is -0.468 e. The van der Waals surface area contributed by atoms with E-state index in [2.05, 4.69) is 10.6 Å². The third kappa shape index (κ3) is 3.81. The highest BCUT2D eigenvalue weighted by atomic mass is 35.5. The Balaban J connectivity index is 0.00000225. The highest BCUT2D eigenvalue weighted by Crippen LogP contribution is 2.45. The molecule has 0 unspecified atom stereocenters. The lowest BCUT2D eigenvalue weighted by atomic mass is 9.64. The highest BCUT2D eigenvalue weighted by molar-refractivity contribution is 7.14. The molecule has 1 aliphatic heterocycles. The first-order valence-corrected chi connectivity index (χ1v) is 10.3. The Bertz CT molecular complexity index is 853. The monoisotopic (exact) mass is 420 g/mol. The molecule has 5 nitrogen and oxygen atoms in total. The zero-order valence-electron chi connectivity index (χ0n) is 15.9. The Kier molecular flexibility index (Phi) is 6.43. The van der Waals surface area contributed by atoms with Gasteiger partial charge in [0.05, 0.1) is 17.4 Å². The summed E-state index contributed by atoms with van der Waals surface area (Å²) >= 11 is 1.58. The molecule has 0 radical (unpaired) electrons. The lowest BCUT2D eigenvalue weighted by Crippen LogP contribution is -2.43. The van der Waals surface area contributed by atoms with Crippen LogP contribution < -0.4 is 10.6 Å². The van der Waals surface area contributed by atoms with Crippen molar-refractivity contribution in [3.63, 3.8) is 0 Å². The number of hydrogen-bond donors (Lipinski definition) is 2. The second-order valence-corrected chi connectivity index (χ2v) is 8.44. The summed E-state index contributed by atoms with van der Waals surface area (Å²) in [6.45, 7) is 1.86. The van der Waals surface area contributed by atoms with Crippen molar-refractivity contribution in [1.82, 2.24) is 5.32 Å². The number of halogens is 1. The maximum Gasteiger partial charge on any atom is 0.316 e. The van der Waals surface area contributed by atoms with Crippen LogP contribution in [-0.4, -0.2) is 25.5 Å². The summed E-state index contributed by atoms with van der Waals surface area (Å²) in [7, 11) is 1.43. The fourth-order valence-corrected chi connectivity index (χ4v) is 5.08. The molecule has 28 heavy (non-hydrogen) atoms. The van der Waals surface area contributed by atoms with Crippen LogP contribution in [0, 0.1) is 0 Å². The molecule has 0 atom stereocenters. The average molecular weight is 421 g/mol. The van der Waals surface area contributed by atoms with E-state index in [0.29, 0.717) is 0 Å². The zero-order valence-corrected chi connectivity index (χ0v) is 17.5. The molecule has 2 heterocycles. The first-order valence-electron chi connectivity index (χ1n) is 9.45. The molecular weight excluding hydrogens is 396 g/mol. The van der Waals surface area contributed by atoms with Crippen molar-refractivity contribution in [1.29, 1.82) is 0 Å². The Morgan fingerprint density at radius 2 is 2.04 bits per heavy atom. The number of carbonyl (C=O) groups is 2. The van der Waals surface area contributed by atoms with Gasteiger partial charge in [-0.25, -0.2) is 0 Å².